The van der Waals surface area contributed by atoms with E-state index in [2.05, 4.69) is 0 Å². The molecule has 1 fully saturated rings. The van der Waals surface area contributed by atoms with Gasteiger partial charge in [0.05, 0.1) is 18.3 Å². The molecule has 21 heavy (non-hydrogen) atoms. The zero-order valence-corrected chi connectivity index (χ0v) is 12.1. The number of fused-ring (bicyclic) bond motifs is 1. The van der Waals surface area contributed by atoms with E-state index < -0.39 is 0 Å². The Morgan fingerprint density at radius 1 is 1.24 bits per heavy atom. The maximum Gasteiger partial charge on any atom is 0.154 e. The van der Waals surface area contributed by atoms with E-state index in [-0.39, 0.29) is 0 Å². The fourth-order valence-electron chi connectivity index (χ4n) is 2.89. The Bertz CT molecular complexity index is 615. The van der Waals surface area contributed by atoms with Crippen molar-refractivity contribution in [2.45, 2.75) is 31.8 Å². The largest absolute Gasteiger partial charge is 0.493 e. The number of hydrogen-bond acceptors (Lipinski definition) is 3. The SMILES string of the molecule is O=Cc1c(OCCCC2CCCO2)ccc2ccccc12. The van der Waals surface area contributed by atoms with Crippen molar-refractivity contribution in [3.05, 3.63) is 42.0 Å². The van der Waals surface area contributed by atoms with Crippen LogP contribution in [0.4, 0.5) is 0 Å². The number of rotatable bonds is 6. The van der Waals surface area contributed by atoms with Crippen molar-refractivity contribution in [3.63, 3.8) is 0 Å². The first-order chi connectivity index (χ1) is 10.4. The molecule has 0 aliphatic carbocycles. The Morgan fingerprint density at radius 3 is 2.95 bits per heavy atom. The highest BCUT2D eigenvalue weighted by Gasteiger charge is 2.15. The zero-order chi connectivity index (χ0) is 14.5. The Kier molecular flexibility index (Phi) is 4.51. The summed E-state index contributed by atoms with van der Waals surface area (Å²) in [4.78, 5) is 11.4. The Labute approximate surface area is 124 Å². The monoisotopic (exact) mass is 284 g/mol. The summed E-state index contributed by atoms with van der Waals surface area (Å²) in [6.07, 6.45) is 5.61. The molecule has 1 aliphatic heterocycles. The van der Waals surface area contributed by atoms with E-state index in [1.54, 1.807) is 0 Å². The number of carbonyl (C=O) groups excluding carboxylic acids is 1. The molecule has 0 radical (unpaired) electrons. The van der Waals surface area contributed by atoms with E-state index in [1.807, 2.05) is 36.4 Å². The number of ether oxygens (including phenoxy) is 2. The smallest absolute Gasteiger partial charge is 0.154 e. The fraction of sp³-hybridized carbons (Fsp3) is 0.389. The van der Waals surface area contributed by atoms with Crippen LogP contribution in [-0.2, 0) is 4.74 Å². The van der Waals surface area contributed by atoms with Crippen molar-refractivity contribution in [3.8, 4) is 5.75 Å². The molecule has 0 aromatic heterocycles. The molecule has 1 atom stereocenters. The van der Waals surface area contributed by atoms with E-state index in [0.29, 0.717) is 24.0 Å². The lowest BCUT2D eigenvalue weighted by atomic mass is 10.0. The normalized spacial score (nSPS) is 18.0. The van der Waals surface area contributed by atoms with Crippen LogP contribution in [-0.4, -0.2) is 25.6 Å². The lowest BCUT2D eigenvalue weighted by Crippen LogP contribution is -2.08. The van der Waals surface area contributed by atoms with Gasteiger partial charge in [-0.25, -0.2) is 0 Å². The van der Waals surface area contributed by atoms with Crippen molar-refractivity contribution in [2.24, 2.45) is 0 Å². The second-order valence-electron chi connectivity index (χ2n) is 5.44. The second-order valence-corrected chi connectivity index (χ2v) is 5.44. The second kappa shape index (κ2) is 6.72. The third kappa shape index (κ3) is 3.24. The molecule has 3 nitrogen and oxygen atoms in total. The number of carbonyl (C=O) groups is 1. The number of hydrogen-bond donors (Lipinski definition) is 0. The highest BCUT2D eigenvalue weighted by atomic mass is 16.5. The Balaban J connectivity index is 1.64. The van der Waals surface area contributed by atoms with Crippen molar-refractivity contribution < 1.29 is 14.3 Å². The van der Waals surface area contributed by atoms with Gasteiger partial charge in [0.15, 0.2) is 6.29 Å². The predicted molar refractivity (Wildman–Crippen MR) is 83.0 cm³/mol. The van der Waals surface area contributed by atoms with Gasteiger partial charge in [0.25, 0.3) is 0 Å². The Morgan fingerprint density at radius 2 is 2.14 bits per heavy atom. The Hall–Kier alpha value is -1.87. The molecule has 3 heteroatoms. The van der Waals surface area contributed by atoms with Gasteiger partial charge >= 0.3 is 0 Å². The summed E-state index contributed by atoms with van der Waals surface area (Å²) < 4.78 is 11.4. The predicted octanol–water partition coefficient (Wildman–Crippen LogP) is 3.99. The third-order valence-electron chi connectivity index (χ3n) is 4.00. The van der Waals surface area contributed by atoms with Gasteiger partial charge in [-0.15, -0.1) is 0 Å². The van der Waals surface area contributed by atoms with Crippen LogP contribution in [0.3, 0.4) is 0 Å². The maximum absolute atomic E-state index is 11.4. The average Bonchev–Trinajstić information content (AvgIpc) is 3.04. The summed E-state index contributed by atoms with van der Waals surface area (Å²) >= 11 is 0. The first-order valence-electron chi connectivity index (χ1n) is 7.60. The molecule has 1 unspecified atom stereocenters. The van der Waals surface area contributed by atoms with Gasteiger partial charge in [-0.3, -0.25) is 4.79 Å². The molecule has 2 aromatic rings. The van der Waals surface area contributed by atoms with Gasteiger partial charge < -0.3 is 9.47 Å². The van der Waals surface area contributed by atoms with Gasteiger partial charge in [-0.05, 0) is 42.5 Å². The van der Waals surface area contributed by atoms with Crippen LogP contribution in [0.25, 0.3) is 10.8 Å². The molecular formula is C18H20O3. The minimum atomic E-state index is 0.399. The molecule has 1 aliphatic rings. The minimum absolute atomic E-state index is 0.399. The van der Waals surface area contributed by atoms with Gasteiger partial charge in [0.2, 0.25) is 0 Å². The highest BCUT2D eigenvalue weighted by molar-refractivity contribution is 6.00. The van der Waals surface area contributed by atoms with Crippen molar-refractivity contribution >= 4 is 17.1 Å². The molecule has 2 aromatic carbocycles. The van der Waals surface area contributed by atoms with E-state index in [0.717, 1.165) is 42.9 Å². The van der Waals surface area contributed by atoms with Crippen LogP contribution in [0.2, 0.25) is 0 Å². The summed E-state index contributed by atoms with van der Waals surface area (Å²) in [7, 11) is 0. The molecule has 1 saturated heterocycles. The molecule has 0 saturated carbocycles. The number of benzene rings is 2. The molecule has 1 heterocycles. The number of aldehydes is 1. The molecule has 110 valence electrons. The van der Waals surface area contributed by atoms with E-state index in [4.69, 9.17) is 9.47 Å². The van der Waals surface area contributed by atoms with Gasteiger partial charge in [0.1, 0.15) is 5.75 Å². The molecule has 0 N–H and O–H groups in total. The average molecular weight is 284 g/mol. The first kappa shape index (κ1) is 14.1. The van der Waals surface area contributed by atoms with Crippen molar-refractivity contribution in [1.29, 1.82) is 0 Å². The topological polar surface area (TPSA) is 35.5 Å². The zero-order valence-electron chi connectivity index (χ0n) is 12.1. The van der Waals surface area contributed by atoms with Crippen LogP contribution in [0.5, 0.6) is 5.75 Å². The first-order valence-corrected chi connectivity index (χ1v) is 7.60. The summed E-state index contributed by atoms with van der Waals surface area (Å²) in [6, 6.07) is 11.8. The summed E-state index contributed by atoms with van der Waals surface area (Å²) in [5.41, 5.74) is 0.644. The quantitative estimate of drug-likeness (QED) is 0.594. The van der Waals surface area contributed by atoms with Crippen molar-refractivity contribution in [2.75, 3.05) is 13.2 Å². The highest BCUT2D eigenvalue weighted by Crippen LogP contribution is 2.27. The summed E-state index contributed by atoms with van der Waals surface area (Å²) in [5, 5.41) is 2.01. The molecular weight excluding hydrogens is 264 g/mol. The van der Waals surface area contributed by atoms with E-state index in [1.165, 1.54) is 6.42 Å². The summed E-state index contributed by atoms with van der Waals surface area (Å²) in [6.45, 7) is 1.52. The fourth-order valence-corrected chi connectivity index (χ4v) is 2.89. The minimum Gasteiger partial charge on any atom is -0.493 e. The van der Waals surface area contributed by atoms with Crippen LogP contribution in [0.15, 0.2) is 36.4 Å². The molecule has 3 rings (SSSR count). The summed E-state index contributed by atoms with van der Waals surface area (Å²) in [5.74, 6) is 0.677. The van der Waals surface area contributed by atoms with E-state index in [9.17, 15) is 4.79 Å². The van der Waals surface area contributed by atoms with Crippen LogP contribution in [0, 0.1) is 0 Å². The lowest BCUT2D eigenvalue weighted by Gasteiger charge is -2.12. The third-order valence-corrected chi connectivity index (χ3v) is 4.00. The molecule has 0 spiro atoms. The lowest BCUT2D eigenvalue weighted by molar-refractivity contribution is 0.0979. The van der Waals surface area contributed by atoms with Gasteiger partial charge in [-0.2, -0.15) is 0 Å². The van der Waals surface area contributed by atoms with Gasteiger partial charge in [-0.1, -0.05) is 30.3 Å². The maximum atomic E-state index is 11.4. The van der Waals surface area contributed by atoms with Crippen molar-refractivity contribution in [1.82, 2.24) is 0 Å². The van der Waals surface area contributed by atoms with Crippen LogP contribution in [0.1, 0.15) is 36.0 Å². The van der Waals surface area contributed by atoms with Gasteiger partial charge in [0, 0.05) is 6.61 Å². The van der Waals surface area contributed by atoms with Crippen LogP contribution < -0.4 is 4.74 Å². The molecule has 0 amide bonds. The molecule has 0 bridgehead atoms. The standard InChI is InChI=1S/C18H20O3/c19-13-17-16-8-2-1-5-14(16)9-10-18(17)21-12-4-7-15-6-3-11-20-15/h1-2,5,8-10,13,15H,3-4,6-7,11-12H2. The van der Waals surface area contributed by atoms with Crippen LogP contribution >= 0.6 is 0 Å². The van der Waals surface area contributed by atoms with E-state index >= 15 is 0 Å².